The molecule has 0 unspecified atom stereocenters. The summed E-state index contributed by atoms with van der Waals surface area (Å²) >= 11 is 1.61. The van der Waals surface area contributed by atoms with E-state index in [0.29, 0.717) is 5.95 Å². The van der Waals surface area contributed by atoms with Gasteiger partial charge in [0, 0.05) is 11.1 Å². The lowest BCUT2D eigenvalue weighted by atomic mass is 10.1. The summed E-state index contributed by atoms with van der Waals surface area (Å²) in [6.07, 6.45) is 7.76. The van der Waals surface area contributed by atoms with Crippen LogP contribution in [0.5, 0.6) is 0 Å². The fourth-order valence-corrected chi connectivity index (χ4v) is 4.02. The smallest absolute Gasteiger partial charge is 0.268 e. The number of aryl methyl sites for hydroxylation is 2. The molecule has 0 bridgehead atoms. The second-order valence-electron chi connectivity index (χ2n) is 5.53. The number of aromatic nitrogens is 3. The molecular weight excluding hydrogens is 296 g/mol. The summed E-state index contributed by atoms with van der Waals surface area (Å²) in [6, 6.07) is 7.69. The third-order valence-corrected chi connectivity index (χ3v) is 5.25. The quantitative estimate of drug-likeness (QED) is 0.739. The van der Waals surface area contributed by atoms with Gasteiger partial charge < -0.3 is 0 Å². The Morgan fingerprint density at radius 2 is 2.09 bits per heavy atom. The molecule has 0 atom stereocenters. The van der Waals surface area contributed by atoms with E-state index in [1.807, 2.05) is 30.5 Å². The van der Waals surface area contributed by atoms with Crippen molar-refractivity contribution in [2.24, 2.45) is 0 Å². The molecule has 1 aliphatic carbocycles. The Morgan fingerprint density at radius 3 is 3.05 bits per heavy atom. The number of fused-ring (bicyclic) bond motifs is 2. The highest BCUT2D eigenvalue weighted by Crippen LogP contribution is 2.29. The van der Waals surface area contributed by atoms with Gasteiger partial charge in [0.1, 0.15) is 0 Å². The molecule has 0 saturated carbocycles. The van der Waals surface area contributed by atoms with Crippen molar-refractivity contribution in [3.8, 4) is 0 Å². The maximum atomic E-state index is 12.5. The molecule has 5 nitrogen and oxygen atoms in total. The van der Waals surface area contributed by atoms with Gasteiger partial charge in [0.05, 0.1) is 4.88 Å². The van der Waals surface area contributed by atoms with Gasteiger partial charge in [-0.1, -0.05) is 12.5 Å². The van der Waals surface area contributed by atoms with E-state index >= 15 is 0 Å². The molecule has 0 fully saturated rings. The molecule has 112 valence electrons. The first kappa shape index (κ1) is 13.5. The van der Waals surface area contributed by atoms with Crippen LogP contribution in [0.1, 0.15) is 39.4 Å². The summed E-state index contributed by atoms with van der Waals surface area (Å²) in [6.45, 7) is 0. The SMILES string of the molecule is O=C(Nc1nnc2ccccn12)c1cc2c(s1)CCCCC2. The molecule has 1 N–H and O–H groups in total. The molecule has 1 amide bonds. The van der Waals surface area contributed by atoms with Gasteiger partial charge in [0.25, 0.3) is 5.91 Å². The largest absolute Gasteiger partial charge is 0.289 e. The van der Waals surface area contributed by atoms with Crippen LogP contribution in [0.15, 0.2) is 30.5 Å². The van der Waals surface area contributed by atoms with Crippen molar-refractivity contribution >= 4 is 28.8 Å². The summed E-state index contributed by atoms with van der Waals surface area (Å²) in [5.41, 5.74) is 2.07. The second kappa shape index (κ2) is 5.53. The third kappa shape index (κ3) is 2.39. The topological polar surface area (TPSA) is 59.3 Å². The molecule has 1 aliphatic rings. The highest BCUT2D eigenvalue weighted by molar-refractivity contribution is 7.14. The number of thiophene rings is 1. The van der Waals surface area contributed by atoms with Crippen molar-refractivity contribution < 1.29 is 4.79 Å². The number of nitrogens with zero attached hydrogens (tertiary/aromatic N) is 3. The zero-order valence-corrected chi connectivity index (χ0v) is 12.9. The number of carbonyl (C=O) groups is 1. The minimum absolute atomic E-state index is 0.101. The Labute approximate surface area is 132 Å². The lowest BCUT2D eigenvalue weighted by Crippen LogP contribution is -2.12. The Hall–Kier alpha value is -2.21. The van der Waals surface area contributed by atoms with Crippen LogP contribution < -0.4 is 5.32 Å². The molecule has 0 spiro atoms. The molecule has 4 rings (SSSR count). The molecule has 3 aromatic rings. The molecule has 3 heterocycles. The van der Waals surface area contributed by atoms with Gasteiger partial charge in [-0.2, -0.15) is 0 Å². The van der Waals surface area contributed by atoms with Gasteiger partial charge in [0.2, 0.25) is 5.95 Å². The van der Waals surface area contributed by atoms with Crippen LogP contribution in [0.3, 0.4) is 0 Å². The summed E-state index contributed by atoms with van der Waals surface area (Å²) < 4.78 is 1.77. The van der Waals surface area contributed by atoms with Gasteiger partial charge in [0.15, 0.2) is 5.65 Å². The fourth-order valence-electron chi connectivity index (χ4n) is 2.87. The normalized spacial score (nSPS) is 14.5. The van der Waals surface area contributed by atoms with Crippen molar-refractivity contribution in [3.63, 3.8) is 0 Å². The zero-order chi connectivity index (χ0) is 14.9. The predicted octanol–water partition coefficient (Wildman–Crippen LogP) is 3.31. The highest BCUT2D eigenvalue weighted by atomic mass is 32.1. The first-order chi connectivity index (χ1) is 10.8. The van der Waals surface area contributed by atoms with Crippen molar-refractivity contribution in [2.75, 3.05) is 5.32 Å². The maximum absolute atomic E-state index is 12.5. The van der Waals surface area contributed by atoms with Crippen molar-refractivity contribution in [3.05, 3.63) is 45.8 Å². The third-order valence-electron chi connectivity index (χ3n) is 4.01. The number of amides is 1. The van der Waals surface area contributed by atoms with Crippen molar-refractivity contribution in [1.82, 2.24) is 14.6 Å². The van der Waals surface area contributed by atoms with Crippen LogP contribution >= 0.6 is 11.3 Å². The number of pyridine rings is 1. The zero-order valence-electron chi connectivity index (χ0n) is 12.1. The minimum Gasteiger partial charge on any atom is -0.289 e. The van der Waals surface area contributed by atoms with Crippen molar-refractivity contribution in [2.45, 2.75) is 32.1 Å². The molecule has 3 aromatic heterocycles. The number of nitrogens with one attached hydrogen (secondary N) is 1. The summed E-state index contributed by atoms with van der Waals surface area (Å²) in [4.78, 5) is 14.6. The number of hydrogen-bond donors (Lipinski definition) is 1. The van der Waals surface area contributed by atoms with Gasteiger partial charge in [-0.15, -0.1) is 21.5 Å². The van der Waals surface area contributed by atoms with Crippen LogP contribution in [0.25, 0.3) is 5.65 Å². The Bertz CT molecular complexity index is 812. The first-order valence-corrected chi connectivity index (χ1v) is 8.35. The van der Waals surface area contributed by atoms with E-state index in [4.69, 9.17) is 0 Å². The molecule has 0 saturated heterocycles. The minimum atomic E-state index is -0.101. The van der Waals surface area contributed by atoms with Crippen LogP contribution in [0.4, 0.5) is 5.95 Å². The molecular formula is C16H16N4OS. The van der Waals surface area contributed by atoms with Gasteiger partial charge in [-0.3, -0.25) is 14.5 Å². The van der Waals surface area contributed by atoms with Gasteiger partial charge in [-0.25, -0.2) is 0 Å². The number of anilines is 1. The second-order valence-corrected chi connectivity index (χ2v) is 6.66. The average molecular weight is 312 g/mol. The van der Waals surface area contributed by atoms with E-state index in [0.717, 1.165) is 23.4 Å². The van der Waals surface area contributed by atoms with E-state index in [9.17, 15) is 4.79 Å². The van der Waals surface area contributed by atoms with E-state index in [-0.39, 0.29) is 5.91 Å². The van der Waals surface area contributed by atoms with Crippen LogP contribution in [-0.4, -0.2) is 20.5 Å². The van der Waals surface area contributed by atoms with E-state index in [1.54, 1.807) is 15.7 Å². The number of hydrogen-bond acceptors (Lipinski definition) is 4. The summed E-state index contributed by atoms with van der Waals surface area (Å²) in [5.74, 6) is 0.362. The van der Waals surface area contributed by atoms with E-state index in [1.165, 1.54) is 29.7 Å². The van der Waals surface area contributed by atoms with E-state index in [2.05, 4.69) is 15.5 Å². The van der Waals surface area contributed by atoms with Crippen LogP contribution in [0.2, 0.25) is 0 Å². The molecule has 0 aliphatic heterocycles. The summed E-state index contributed by atoms with van der Waals surface area (Å²) in [7, 11) is 0. The van der Waals surface area contributed by atoms with Crippen LogP contribution in [0, 0.1) is 0 Å². The monoisotopic (exact) mass is 312 g/mol. The lowest BCUT2D eigenvalue weighted by Gasteiger charge is -2.01. The van der Waals surface area contributed by atoms with Crippen molar-refractivity contribution in [1.29, 1.82) is 0 Å². The lowest BCUT2D eigenvalue weighted by molar-refractivity contribution is 0.102. The van der Waals surface area contributed by atoms with E-state index < -0.39 is 0 Å². The fraction of sp³-hybridized carbons (Fsp3) is 0.312. The molecule has 6 heteroatoms. The molecule has 0 aromatic carbocycles. The Morgan fingerprint density at radius 1 is 1.18 bits per heavy atom. The first-order valence-electron chi connectivity index (χ1n) is 7.54. The molecule has 0 radical (unpaired) electrons. The van der Waals surface area contributed by atoms with Gasteiger partial charge in [-0.05, 0) is 49.4 Å². The number of carbonyl (C=O) groups excluding carboxylic acids is 1. The predicted molar refractivity (Wildman–Crippen MR) is 86.5 cm³/mol. The Balaban J connectivity index is 1.60. The standard InChI is InChI=1S/C16H16N4OS/c21-15(13-10-11-6-2-1-3-7-12(11)22-13)17-16-19-18-14-8-4-5-9-20(14)16/h4-5,8-10H,1-3,6-7H2,(H,17,19,21). The summed E-state index contributed by atoms with van der Waals surface area (Å²) in [5, 5.41) is 11.0. The highest BCUT2D eigenvalue weighted by Gasteiger charge is 2.18. The maximum Gasteiger partial charge on any atom is 0.268 e. The van der Waals surface area contributed by atoms with Crippen LogP contribution in [-0.2, 0) is 12.8 Å². The molecule has 22 heavy (non-hydrogen) atoms. The van der Waals surface area contributed by atoms with Gasteiger partial charge >= 0.3 is 0 Å². The Kier molecular flexibility index (Phi) is 3.38. The number of rotatable bonds is 2. The average Bonchev–Trinajstić information content (AvgIpc) is 3.06.